The van der Waals surface area contributed by atoms with Crippen molar-refractivity contribution in [3.63, 3.8) is 0 Å². The SMILES string of the molecule is Cc1ccc(C(CBr)(CBr)Cc2cccc(F)c2Br)cc1. The van der Waals surface area contributed by atoms with Crippen LogP contribution in [-0.2, 0) is 11.8 Å². The number of hydrogen-bond acceptors (Lipinski definition) is 0. The van der Waals surface area contributed by atoms with Crippen LogP contribution in [-0.4, -0.2) is 10.7 Å². The maximum atomic E-state index is 13.7. The maximum absolute atomic E-state index is 13.7. The fourth-order valence-electron chi connectivity index (χ4n) is 2.34. The van der Waals surface area contributed by atoms with E-state index in [1.807, 2.05) is 6.07 Å². The van der Waals surface area contributed by atoms with E-state index in [2.05, 4.69) is 79.0 Å². The lowest BCUT2D eigenvalue weighted by Gasteiger charge is -2.31. The molecule has 0 aliphatic heterocycles. The Hall–Kier alpha value is -0.190. The van der Waals surface area contributed by atoms with Crippen molar-refractivity contribution >= 4 is 47.8 Å². The Bertz CT molecular complexity index is 604. The highest BCUT2D eigenvalue weighted by atomic mass is 79.9. The summed E-state index contributed by atoms with van der Waals surface area (Å²) < 4.78 is 14.3. The molecule has 0 saturated carbocycles. The standard InChI is InChI=1S/C17H16Br3F/c1-12-5-7-14(8-6-12)17(10-18,11-19)9-13-3-2-4-15(21)16(13)20/h2-8H,9-11H2,1H3. The molecule has 0 aliphatic carbocycles. The number of benzene rings is 2. The van der Waals surface area contributed by atoms with Crippen LogP contribution >= 0.6 is 47.8 Å². The van der Waals surface area contributed by atoms with Crippen LogP contribution in [0, 0.1) is 12.7 Å². The van der Waals surface area contributed by atoms with Gasteiger partial charge in [0.05, 0.1) is 4.47 Å². The van der Waals surface area contributed by atoms with Crippen molar-refractivity contribution in [1.29, 1.82) is 0 Å². The first-order valence-electron chi connectivity index (χ1n) is 6.64. The average molecular weight is 479 g/mol. The Labute approximate surface area is 150 Å². The van der Waals surface area contributed by atoms with Gasteiger partial charge in [0.1, 0.15) is 5.82 Å². The smallest absolute Gasteiger partial charge is 0.137 e. The Morgan fingerprint density at radius 2 is 1.62 bits per heavy atom. The lowest BCUT2D eigenvalue weighted by molar-refractivity contribution is 0.544. The van der Waals surface area contributed by atoms with Crippen molar-refractivity contribution in [2.24, 2.45) is 0 Å². The van der Waals surface area contributed by atoms with Crippen molar-refractivity contribution in [3.05, 3.63) is 69.4 Å². The molecule has 21 heavy (non-hydrogen) atoms. The summed E-state index contributed by atoms with van der Waals surface area (Å²) >= 11 is 10.7. The average Bonchev–Trinajstić information content (AvgIpc) is 2.50. The van der Waals surface area contributed by atoms with Gasteiger partial charge >= 0.3 is 0 Å². The minimum absolute atomic E-state index is 0.107. The maximum Gasteiger partial charge on any atom is 0.137 e. The molecule has 0 fully saturated rings. The first-order chi connectivity index (χ1) is 10.0. The van der Waals surface area contributed by atoms with E-state index in [0.717, 1.165) is 22.6 Å². The largest absolute Gasteiger partial charge is 0.206 e. The molecule has 2 rings (SSSR count). The Balaban J connectivity index is 2.43. The zero-order valence-electron chi connectivity index (χ0n) is 11.7. The fraction of sp³-hybridized carbons (Fsp3) is 0.294. The Morgan fingerprint density at radius 3 is 2.19 bits per heavy atom. The van der Waals surface area contributed by atoms with Gasteiger partial charge in [-0.1, -0.05) is 73.8 Å². The quantitative estimate of drug-likeness (QED) is 0.451. The molecule has 0 atom stereocenters. The highest BCUT2D eigenvalue weighted by Gasteiger charge is 2.31. The van der Waals surface area contributed by atoms with E-state index < -0.39 is 0 Å². The van der Waals surface area contributed by atoms with Gasteiger partial charge < -0.3 is 0 Å². The third-order valence-electron chi connectivity index (χ3n) is 3.74. The molecule has 0 nitrogen and oxygen atoms in total. The summed E-state index contributed by atoms with van der Waals surface area (Å²) in [5.41, 5.74) is 3.36. The Morgan fingerprint density at radius 1 is 1.00 bits per heavy atom. The van der Waals surface area contributed by atoms with Gasteiger partial charge in [-0.05, 0) is 46.5 Å². The molecule has 0 bridgehead atoms. The molecule has 112 valence electrons. The predicted molar refractivity (Wildman–Crippen MR) is 98.2 cm³/mol. The monoisotopic (exact) mass is 476 g/mol. The first kappa shape index (κ1) is 17.2. The lowest BCUT2D eigenvalue weighted by Crippen LogP contribution is -2.33. The van der Waals surface area contributed by atoms with Crippen LogP contribution in [0.5, 0.6) is 0 Å². The van der Waals surface area contributed by atoms with Crippen molar-refractivity contribution < 1.29 is 4.39 Å². The summed E-state index contributed by atoms with van der Waals surface area (Å²) in [5.74, 6) is -0.213. The van der Waals surface area contributed by atoms with Crippen molar-refractivity contribution in [2.45, 2.75) is 18.8 Å². The molecule has 2 aromatic carbocycles. The highest BCUT2D eigenvalue weighted by molar-refractivity contribution is 9.10. The second-order valence-electron chi connectivity index (χ2n) is 5.30. The van der Waals surface area contributed by atoms with Crippen molar-refractivity contribution in [1.82, 2.24) is 0 Å². The number of rotatable bonds is 5. The molecular weight excluding hydrogens is 463 g/mol. The second-order valence-corrected chi connectivity index (χ2v) is 7.22. The fourth-order valence-corrected chi connectivity index (χ4v) is 4.72. The van der Waals surface area contributed by atoms with E-state index >= 15 is 0 Å². The highest BCUT2D eigenvalue weighted by Crippen LogP contribution is 2.35. The summed E-state index contributed by atoms with van der Waals surface area (Å²) in [5, 5.41) is 1.61. The third-order valence-corrected chi connectivity index (χ3v) is 6.77. The van der Waals surface area contributed by atoms with Crippen LogP contribution in [0.2, 0.25) is 0 Å². The lowest BCUT2D eigenvalue weighted by atomic mass is 9.79. The molecule has 0 amide bonds. The zero-order valence-corrected chi connectivity index (χ0v) is 16.4. The van der Waals surface area contributed by atoms with E-state index in [1.165, 1.54) is 17.2 Å². The molecule has 0 aromatic heterocycles. The van der Waals surface area contributed by atoms with E-state index in [0.29, 0.717) is 4.47 Å². The normalized spacial score (nSPS) is 11.7. The van der Waals surface area contributed by atoms with Gasteiger partial charge in [-0.25, -0.2) is 4.39 Å². The van der Waals surface area contributed by atoms with Crippen LogP contribution in [0.4, 0.5) is 4.39 Å². The molecule has 0 radical (unpaired) electrons. The number of halogens is 4. The topological polar surface area (TPSA) is 0 Å². The third kappa shape index (κ3) is 3.77. The molecule has 0 N–H and O–H groups in total. The van der Waals surface area contributed by atoms with E-state index in [1.54, 1.807) is 6.07 Å². The van der Waals surface area contributed by atoms with Crippen LogP contribution in [0.3, 0.4) is 0 Å². The van der Waals surface area contributed by atoms with Crippen molar-refractivity contribution in [2.75, 3.05) is 10.7 Å². The minimum Gasteiger partial charge on any atom is -0.206 e. The van der Waals surface area contributed by atoms with E-state index in [4.69, 9.17) is 0 Å². The summed E-state index contributed by atoms with van der Waals surface area (Å²) in [4.78, 5) is 0. The summed E-state index contributed by atoms with van der Waals surface area (Å²) in [7, 11) is 0. The summed E-state index contributed by atoms with van der Waals surface area (Å²) in [6.45, 7) is 2.08. The molecule has 0 saturated heterocycles. The van der Waals surface area contributed by atoms with Gasteiger partial charge in [0.2, 0.25) is 0 Å². The van der Waals surface area contributed by atoms with Crippen molar-refractivity contribution in [3.8, 4) is 0 Å². The molecule has 0 unspecified atom stereocenters. The number of alkyl halides is 2. The number of aryl methyl sites for hydroxylation is 1. The van der Waals surface area contributed by atoms with E-state index in [-0.39, 0.29) is 11.2 Å². The van der Waals surface area contributed by atoms with Gasteiger partial charge in [-0.15, -0.1) is 0 Å². The molecule has 4 heteroatoms. The van der Waals surface area contributed by atoms with Crippen LogP contribution in [0.15, 0.2) is 46.9 Å². The number of hydrogen-bond donors (Lipinski definition) is 0. The predicted octanol–water partition coefficient (Wildman–Crippen LogP) is 6.17. The van der Waals surface area contributed by atoms with Crippen LogP contribution < -0.4 is 0 Å². The van der Waals surface area contributed by atoms with Crippen LogP contribution in [0.1, 0.15) is 16.7 Å². The summed E-state index contributed by atoms with van der Waals surface area (Å²) in [6, 6.07) is 13.8. The van der Waals surface area contributed by atoms with Crippen LogP contribution in [0.25, 0.3) is 0 Å². The van der Waals surface area contributed by atoms with E-state index in [9.17, 15) is 4.39 Å². The Kier molecular flexibility index (Phi) is 6.04. The summed E-state index contributed by atoms with van der Waals surface area (Å²) in [6.07, 6.45) is 0.755. The molecule has 0 heterocycles. The van der Waals surface area contributed by atoms with Gasteiger partial charge in [-0.3, -0.25) is 0 Å². The molecule has 0 aliphatic rings. The molecule has 2 aromatic rings. The minimum atomic E-state index is -0.213. The van der Waals surface area contributed by atoms with Gasteiger partial charge in [0.15, 0.2) is 0 Å². The van der Waals surface area contributed by atoms with Gasteiger partial charge in [-0.2, -0.15) is 0 Å². The second kappa shape index (κ2) is 7.38. The molecular formula is C17H16Br3F. The first-order valence-corrected chi connectivity index (χ1v) is 9.68. The van der Waals surface area contributed by atoms with Gasteiger partial charge in [0.25, 0.3) is 0 Å². The van der Waals surface area contributed by atoms with Gasteiger partial charge in [0, 0.05) is 16.1 Å². The zero-order chi connectivity index (χ0) is 15.5. The molecule has 0 spiro atoms.